The van der Waals surface area contributed by atoms with Gasteiger partial charge in [0.05, 0.1) is 0 Å². The summed E-state index contributed by atoms with van der Waals surface area (Å²) in [6, 6.07) is 6.74. The molecule has 18 heavy (non-hydrogen) atoms. The lowest BCUT2D eigenvalue weighted by Gasteiger charge is -2.20. The lowest BCUT2D eigenvalue weighted by molar-refractivity contribution is 0.398. The molecular formula is C16H24N2. The van der Waals surface area contributed by atoms with E-state index in [1.54, 1.807) is 0 Å². The van der Waals surface area contributed by atoms with E-state index in [-0.39, 0.29) is 0 Å². The van der Waals surface area contributed by atoms with Crippen LogP contribution in [0.2, 0.25) is 0 Å². The molecule has 1 aromatic rings. The minimum Gasteiger partial charge on any atom is -0.385 e. The fourth-order valence-corrected chi connectivity index (χ4v) is 2.39. The van der Waals surface area contributed by atoms with Gasteiger partial charge in [-0.2, -0.15) is 0 Å². The summed E-state index contributed by atoms with van der Waals surface area (Å²) in [5, 5.41) is 6.80. The Bertz CT molecular complexity index is 441. The molecule has 2 nitrogen and oxygen atoms in total. The Balaban J connectivity index is 1.89. The molecular weight excluding hydrogens is 220 g/mol. The second-order valence-corrected chi connectivity index (χ2v) is 6.40. The average Bonchev–Trinajstić information content (AvgIpc) is 2.71. The van der Waals surface area contributed by atoms with E-state index in [9.17, 15) is 0 Å². The van der Waals surface area contributed by atoms with Crippen LogP contribution in [0, 0.1) is 5.41 Å². The third kappa shape index (κ3) is 3.61. The third-order valence-electron chi connectivity index (χ3n) is 3.19. The van der Waals surface area contributed by atoms with Gasteiger partial charge in [0.25, 0.3) is 0 Å². The molecule has 0 unspecified atom stereocenters. The SMILES string of the molecule is C=C(CC(C)(C)C)NCc1ccc2c(c1)CNC2. The van der Waals surface area contributed by atoms with Crippen molar-refractivity contribution in [2.24, 2.45) is 5.41 Å². The van der Waals surface area contributed by atoms with Gasteiger partial charge in [-0.15, -0.1) is 0 Å². The average molecular weight is 244 g/mol. The van der Waals surface area contributed by atoms with E-state index in [0.29, 0.717) is 5.41 Å². The Hall–Kier alpha value is -1.28. The van der Waals surface area contributed by atoms with Crippen molar-refractivity contribution in [2.75, 3.05) is 0 Å². The highest BCUT2D eigenvalue weighted by Gasteiger charge is 2.12. The van der Waals surface area contributed by atoms with Crippen molar-refractivity contribution >= 4 is 0 Å². The Kier molecular flexibility index (Phi) is 3.76. The van der Waals surface area contributed by atoms with Crippen molar-refractivity contribution < 1.29 is 0 Å². The topological polar surface area (TPSA) is 24.1 Å². The molecule has 1 aromatic carbocycles. The second-order valence-electron chi connectivity index (χ2n) is 6.40. The monoisotopic (exact) mass is 244 g/mol. The number of hydrogen-bond acceptors (Lipinski definition) is 2. The first-order valence-electron chi connectivity index (χ1n) is 6.67. The van der Waals surface area contributed by atoms with Gasteiger partial charge in [0.15, 0.2) is 0 Å². The molecule has 2 N–H and O–H groups in total. The van der Waals surface area contributed by atoms with E-state index >= 15 is 0 Å². The molecule has 1 heterocycles. The normalized spacial score (nSPS) is 14.4. The molecule has 0 radical (unpaired) electrons. The summed E-state index contributed by atoms with van der Waals surface area (Å²) in [7, 11) is 0. The smallest absolute Gasteiger partial charge is 0.0397 e. The zero-order valence-corrected chi connectivity index (χ0v) is 11.8. The zero-order valence-electron chi connectivity index (χ0n) is 11.8. The van der Waals surface area contributed by atoms with Gasteiger partial charge in [0.1, 0.15) is 0 Å². The molecule has 1 aliphatic heterocycles. The van der Waals surface area contributed by atoms with Gasteiger partial charge in [-0.25, -0.2) is 0 Å². The maximum absolute atomic E-state index is 4.10. The molecule has 0 bridgehead atoms. The standard InChI is InChI=1S/C16H24N2/c1-12(8-16(2,3)4)18-9-13-5-6-14-10-17-11-15(14)7-13/h5-7,17-18H,1,8-11H2,2-4H3. The molecule has 0 aromatic heterocycles. The summed E-state index contributed by atoms with van der Waals surface area (Å²) in [4.78, 5) is 0. The second kappa shape index (κ2) is 5.15. The van der Waals surface area contributed by atoms with E-state index in [1.807, 2.05) is 0 Å². The van der Waals surface area contributed by atoms with Gasteiger partial charge >= 0.3 is 0 Å². The van der Waals surface area contributed by atoms with Crippen LogP contribution in [0.4, 0.5) is 0 Å². The Morgan fingerprint density at radius 1 is 1.28 bits per heavy atom. The summed E-state index contributed by atoms with van der Waals surface area (Å²) < 4.78 is 0. The summed E-state index contributed by atoms with van der Waals surface area (Å²) in [5.74, 6) is 0. The fraction of sp³-hybridized carbons (Fsp3) is 0.500. The fourth-order valence-electron chi connectivity index (χ4n) is 2.39. The number of rotatable bonds is 4. The van der Waals surface area contributed by atoms with E-state index in [2.05, 4.69) is 56.2 Å². The lowest BCUT2D eigenvalue weighted by atomic mass is 9.91. The predicted octanol–water partition coefficient (Wildman–Crippen LogP) is 3.33. The zero-order chi connectivity index (χ0) is 13.2. The van der Waals surface area contributed by atoms with Crippen molar-refractivity contribution in [1.29, 1.82) is 0 Å². The molecule has 0 fully saturated rings. The first-order valence-corrected chi connectivity index (χ1v) is 6.67. The van der Waals surface area contributed by atoms with Gasteiger partial charge < -0.3 is 10.6 Å². The van der Waals surface area contributed by atoms with Crippen LogP contribution in [-0.4, -0.2) is 0 Å². The highest BCUT2D eigenvalue weighted by molar-refractivity contribution is 5.34. The van der Waals surface area contributed by atoms with Gasteiger partial charge in [-0.1, -0.05) is 45.5 Å². The molecule has 2 rings (SSSR count). The van der Waals surface area contributed by atoms with Crippen LogP contribution in [0.25, 0.3) is 0 Å². The third-order valence-corrected chi connectivity index (χ3v) is 3.19. The minimum absolute atomic E-state index is 0.298. The van der Waals surface area contributed by atoms with Crippen LogP contribution in [0.5, 0.6) is 0 Å². The van der Waals surface area contributed by atoms with Gasteiger partial charge in [0.2, 0.25) is 0 Å². The molecule has 0 atom stereocenters. The molecule has 0 saturated carbocycles. The summed E-state index contributed by atoms with van der Waals surface area (Å²) >= 11 is 0. The number of hydrogen-bond donors (Lipinski definition) is 2. The van der Waals surface area contributed by atoms with E-state index in [1.165, 1.54) is 16.7 Å². The summed E-state index contributed by atoms with van der Waals surface area (Å²) in [5.41, 5.74) is 5.64. The quantitative estimate of drug-likeness (QED) is 0.849. The van der Waals surface area contributed by atoms with Crippen molar-refractivity contribution in [2.45, 2.75) is 46.8 Å². The van der Waals surface area contributed by atoms with Crippen LogP contribution < -0.4 is 10.6 Å². The number of allylic oxidation sites excluding steroid dienone is 1. The highest BCUT2D eigenvalue weighted by atomic mass is 14.9. The Morgan fingerprint density at radius 2 is 2.00 bits per heavy atom. The van der Waals surface area contributed by atoms with Crippen LogP contribution in [-0.2, 0) is 19.6 Å². The van der Waals surface area contributed by atoms with Crippen LogP contribution >= 0.6 is 0 Å². The van der Waals surface area contributed by atoms with Crippen molar-refractivity contribution in [3.63, 3.8) is 0 Å². The first-order chi connectivity index (χ1) is 8.44. The predicted molar refractivity (Wildman–Crippen MR) is 77.0 cm³/mol. The number of nitrogens with one attached hydrogen (secondary N) is 2. The summed E-state index contributed by atoms with van der Waals surface area (Å²) in [6.45, 7) is 13.7. The molecule has 1 aliphatic rings. The Morgan fingerprint density at radius 3 is 2.72 bits per heavy atom. The maximum Gasteiger partial charge on any atom is 0.0397 e. The molecule has 0 aliphatic carbocycles. The molecule has 2 heteroatoms. The van der Waals surface area contributed by atoms with E-state index in [4.69, 9.17) is 0 Å². The Labute approximate surface area is 110 Å². The van der Waals surface area contributed by atoms with Crippen LogP contribution in [0.3, 0.4) is 0 Å². The molecule has 0 amide bonds. The van der Waals surface area contributed by atoms with Gasteiger partial charge in [-0.05, 0) is 28.5 Å². The molecule has 98 valence electrons. The van der Waals surface area contributed by atoms with E-state index in [0.717, 1.165) is 31.8 Å². The maximum atomic E-state index is 4.10. The van der Waals surface area contributed by atoms with E-state index < -0.39 is 0 Å². The first kappa shape index (κ1) is 13.2. The van der Waals surface area contributed by atoms with Crippen LogP contribution in [0.15, 0.2) is 30.5 Å². The van der Waals surface area contributed by atoms with Crippen molar-refractivity contribution in [1.82, 2.24) is 10.6 Å². The highest BCUT2D eigenvalue weighted by Crippen LogP contribution is 2.22. The number of benzene rings is 1. The summed E-state index contributed by atoms with van der Waals surface area (Å²) in [6.07, 6.45) is 1.01. The lowest BCUT2D eigenvalue weighted by Crippen LogP contribution is -2.17. The van der Waals surface area contributed by atoms with Gasteiger partial charge in [-0.3, -0.25) is 0 Å². The van der Waals surface area contributed by atoms with Crippen LogP contribution in [0.1, 0.15) is 43.9 Å². The van der Waals surface area contributed by atoms with Gasteiger partial charge in [0, 0.05) is 25.3 Å². The minimum atomic E-state index is 0.298. The molecule has 0 saturated heterocycles. The number of fused-ring (bicyclic) bond motifs is 1. The molecule has 0 spiro atoms. The van der Waals surface area contributed by atoms with Crippen molar-refractivity contribution in [3.8, 4) is 0 Å². The largest absolute Gasteiger partial charge is 0.385 e. The van der Waals surface area contributed by atoms with Crippen molar-refractivity contribution in [3.05, 3.63) is 47.2 Å².